The van der Waals surface area contributed by atoms with Crippen LogP contribution in [0.2, 0.25) is 10.0 Å². The molecule has 2 aromatic rings. The molecule has 0 spiro atoms. The zero-order valence-electron chi connectivity index (χ0n) is 19.6. The first-order chi connectivity index (χ1) is 16.2. The lowest BCUT2D eigenvalue weighted by Crippen LogP contribution is -2.54. The van der Waals surface area contributed by atoms with Crippen molar-refractivity contribution in [3.8, 4) is 5.75 Å². The average Bonchev–Trinajstić information content (AvgIpc) is 3.21. The van der Waals surface area contributed by atoms with Gasteiger partial charge < -0.3 is 21.5 Å². The van der Waals surface area contributed by atoms with E-state index < -0.39 is 17.9 Å². The van der Waals surface area contributed by atoms with Crippen LogP contribution in [0.25, 0.3) is 0 Å². The van der Waals surface area contributed by atoms with E-state index >= 15 is 0 Å². The average molecular weight is 506 g/mol. The summed E-state index contributed by atoms with van der Waals surface area (Å²) < 4.78 is 0. The number of benzene rings is 2. The number of rotatable bonds is 11. The Morgan fingerprint density at radius 2 is 1.82 bits per heavy atom. The molecule has 0 fully saturated rings. The van der Waals surface area contributed by atoms with Gasteiger partial charge in [0, 0.05) is 23.2 Å². The summed E-state index contributed by atoms with van der Waals surface area (Å²) in [5.74, 6) is -1.11. The van der Waals surface area contributed by atoms with Gasteiger partial charge in [-0.1, -0.05) is 74.2 Å². The van der Waals surface area contributed by atoms with E-state index in [4.69, 9.17) is 28.9 Å². The lowest BCUT2D eigenvalue weighted by Gasteiger charge is -2.29. The summed E-state index contributed by atoms with van der Waals surface area (Å²) in [5.41, 5.74) is 8.50. The zero-order chi connectivity index (χ0) is 24.8. The maximum atomic E-state index is 13.6. The monoisotopic (exact) mass is 505 g/mol. The largest absolute Gasteiger partial charge is 0.508 e. The van der Waals surface area contributed by atoms with Crippen molar-refractivity contribution in [3.05, 3.63) is 63.1 Å². The lowest BCUT2D eigenvalue weighted by atomic mass is 9.92. The first kappa shape index (κ1) is 26.3. The number of carbonyl (C=O) groups is 2. The van der Waals surface area contributed by atoms with Crippen molar-refractivity contribution in [3.63, 3.8) is 0 Å². The number of hydrogen-bond acceptors (Lipinski definition) is 4. The van der Waals surface area contributed by atoms with Crippen LogP contribution in [0, 0.1) is 11.8 Å². The van der Waals surface area contributed by atoms with Crippen molar-refractivity contribution in [2.24, 2.45) is 17.6 Å². The molecule has 2 amide bonds. The molecule has 2 aromatic carbocycles. The molecule has 0 saturated carbocycles. The van der Waals surface area contributed by atoms with Crippen LogP contribution in [0.1, 0.15) is 49.8 Å². The van der Waals surface area contributed by atoms with Gasteiger partial charge in [0.1, 0.15) is 5.75 Å². The highest BCUT2D eigenvalue weighted by Crippen LogP contribution is 2.32. The molecule has 0 radical (unpaired) electrons. The smallest absolute Gasteiger partial charge is 0.237 e. The van der Waals surface area contributed by atoms with E-state index in [0.29, 0.717) is 22.0 Å². The predicted molar refractivity (Wildman–Crippen MR) is 136 cm³/mol. The van der Waals surface area contributed by atoms with E-state index in [9.17, 15) is 14.7 Å². The number of unbranched alkanes of at least 4 members (excludes halogenated alkanes) is 1. The van der Waals surface area contributed by atoms with E-state index in [1.54, 1.807) is 13.0 Å². The lowest BCUT2D eigenvalue weighted by molar-refractivity contribution is -0.127. The molecular weight excluding hydrogens is 473 g/mol. The number of phenolic OH excluding ortho intramolecular Hbond substituents is 1. The second-order valence-corrected chi connectivity index (χ2v) is 9.97. The molecule has 8 heteroatoms. The molecule has 6 nitrogen and oxygen atoms in total. The third-order valence-corrected chi connectivity index (χ3v) is 7.28. The number of amides is 2. The topological polar surface area (TPSA) is 104 Å². The summed E-state index contributed by atoms with van der Waals surface area (Å²) in [5, 5.41) is 17.4. The Balaban J connectivity index is 1.82. The van der Waals surface area contributed by atoms with Crippen LogP contribution in [-0.2, 0) is 29.0 Å². The van der Waals surface area contributed by atoms with E-state index in [-0.39, 0.29) is 30.2 Å². The summed E-state index contributed by atoms with van der Waals surface area (Å²) in [4.78, 5) is 25.5. The first-order valence-electron chi connectivity index (χ1n) is 11.8. The fourth-order valence-corrected chi connectivity index (χ4v) is 5.17. The third kappa shape index (κ3) is 6.44. The second kappa shape index (κ2) is 11.9. The molecule has 0 unspecified atom stereocenters. The Kier molecular flexibility index (Phi) is 9.23. The summed E-state index contributed by atoms with van der Waals surface area (Å²) in [6.07, 6.45) is 4.02. The van der Waals surface area contributed by atoms with Crippen molar-refractivity contribution in [1.29, 1.82) is 0 Å². The molecule has 1 aliphatic rings. The molecular formula is C26H33Cl2N3O3. The van der Waals surface area contributed by atoms with Gasteiger partial charge in [-0.3, -0.25) is 9.59 Å². The number of halogens is 2. The van der Waals surface area contributed by atoms with Gasteiger partial charge in [-0.2, -0.15) is 0 Å². The van der Waals surface area contributed by atoms with Gasteiger partial charge >= 0.3 is 0 Å². The number of hydrogen-bond donors (Lipinski definition) is 4. The molecule has 0 aromatic heterocycles. The van der Waals surface area contributed by atoms with Crippen LogP contribution in [0.3, 0.4) is 0 Å². The van der Waals surface area contributed by atoms with Gasteiger partial charge in [0.2, 0.25) is 11.8 Å². The summed E-state index contributed by atoms with van der Waals surface area (Å²) >= 11 is 12.3. The van der Waals surface area contributed by atoms with Crippen molar-refractivity contribution in [2.75, 3.05) is 0 Å². The minimum atomic E-state index is -0.553. The van der Waals surface area contributed by atoms with Crippen molar-refractivity contribution >= 4 is 35.0 Å². The summed E-state index contributed by atoms with van der Waals surface area (Å²) in [6, 6.07) is 10.3. The summed E-state index contributed by atoms with van der Waals surface area (Å²) in [6.45, 7) is 4.01. The molecule has 5 N–H and O–H groups in total. The van der Waals surface area contributed by atoms with Gasteiger partial charge in [0.15, 0.2) is 0 Å². The number of fused-ring (bicyclic) bond motifs is 1. The van der Waals surface area contributed by atoms with Gasteiger partial charge in [-0.15, -0.1) is 0 Å². The van der Waals surface area contributed by atoms with Crippen LogP contribution in [-0.4, -0.2) is 29.0 Å². The third-order valence-electron chi connectivity index (χ3n) is 6.72. The highest BCUT2D eigenvalue weighted by atomic mass is 35.5. The van der Waals surface area contributed by atoms with Gasteiger partial charge in [0.25, 0.3) is 0 Å². The Morgan fingerprint density at radius 1 is 1.18 bits per heavy atom. The van der Waals surface area contributed by atoms with Crippen molar-refractivity contribution in [2.45, 2.75) is 64.6 Å². The number of nitrogens with one attached hydrogen (secondary N) is 2. The Morgan fingerprint density at radius 3 is 2.38 bits per heavy atom. The maximum absolute atomic E-state index is 13.6. The number of nitrogens with two attached hydrogens (primary N) is 1. The number of aromatic hydroxyl groups is 1. The zero-order valence-corrected chi connectivity index (χ0v) is 21.1. The second-order valence-electron chi connectivity index (χ2n) is 9.13. The fraction of sp³-hybridized carbons (Fsp3) is 0.462. The summed E-state index contributed by atoms with van der Waals surface area (Å²) in [7, 11) is 0. The number of carbonyl (C=O) groups excluding carboxylic acids is 2. The van der Waals surface area contributed by atoms with E-state index in [1.165, 1.54) is 17.2 Å². The normalized spacial score (nSPS) is 16.0. The Bertz CT molecular complexity index is 982. The van der Waals surface area contributed by atoms with E-state index in [2.05, 4.69) is 29.7 Å². The van der Waals surface area contributed by atoms with Gasteiger partial charge in [-0.05, 0) is 48.4 Å². The van der Waals surface area contributed by atoms with Crippen molar-refractivity contribution in [1.82, 2.24) is 10.6 Å². The predicted octanol–water partition coefficient (Wildman–Crippen LogP) is 4.37. The highest BCUT2D eigenvalue weighted by molar-refractivity contribution is 6.35. The standard InChI is InChI=1S/C26H33Cl2N3O3/c1-3-4-9-22(15(2)25(29)33)31-26(34)24(18-10-16-7-5-6-8-17(16)11-18)30-14-20-21(28)12-19(27)13-23(20)32/h5-8,12-13,15,18,22,24,30,32H,3-4,9-11,14H2,1-2H3,(H2,29,33)(H,31,34)/t15-,22+,24+/m0/s1. The molecule has 34 heavy (non-hydrogen) atoms. The van der Waals surface area contributed by atoms with Crippen LogP contribution in [0.5, 0.6) is 5.75 Å². The van der Waals surface area contributed by atoms with Crippen LogP contribution < -0.4 is 16.4 Å². The molecule has 1 aliphatic carbocycles. The van der Waals surface area contributed by atoms with Crippen LogP contribution in [0.15, 0.2) is 36.4 Å². The molecule has 184 valence electrons. The Hall–Kier alpha value is -2.28. The van der Waals surface area contributed by atoms with Crippen LogP contribution >= 0.6 is 23.2 Å². The van der Waals surface area contributed by atoms with Gasteiger partial charge in [-0.25, -0.2) is 0 Å². The molecule has 0 bridgehead atoms. The molecule has 3 rings (SSSR count). The molecule has 0 aliphatic heterocycles. The SMILES string of the molecule is CCCC[C@@H](NC(=O)[C@H](NCc1c(O)cc(Cl)cc1Cl)C1Cc2ccccc2C1)[C@H](C)C(N)=O. The Labute approximate surface area is 211 Å². The van der Waals surface area contributed by atoms with E-state index in [0.717, 1.165) is 25.7 Å². The molecule has 0 heterocycles. The van der Waals surface area contributed by atoms with E-state index in [1.807, 2.05) is 12.1 Å². The minimum Gasteiger partial charge on any atom is -0.508 e. The molecule has 0 saturated heterocycles. The van der Waals surface area contributed by atoms with Crippen molar-refractivity contribution < 1.29 is 14.7 Å². The number of primary amides is 1. The van der Waals surface area contributed by atoms with Gasteiger partial charge in [0.05, 0.1) is 17.0 Å². The minimum absolute atomic E-state index is 0.0151. The van der Waals surface area contributed by atoms with Crippen LogP contribution in [0.4, 0.5) is 0 Å². The number of phenols is 1. The highest BCUT2D eigenvalue weighted by Gasteiger charge is 2.35. The maximum Gasteiger partial charge on any atom is 0.237 e. The quantitative estimate of drug-likeness (QED) is 0.363. The first-order valence-corrected chi connectivity index (χ1v) is 12.5. The molecule has 3 atom stereocenters. The fourth-order valence-electron chi connectivity index (χ4n) is 4.62.